The van der Waals surface area contributed by atoms with Crippen LogP contribution in [0.15, 0.2) is 52.2 Å². The van der Waals surface area contributed by atoms with E-state index in [0.717, 1.165) is 23.8 Å². The van der Waals surface area contributed by atoms with Gasteiger partial charge in [0.25, 0.3) is 5.56 Å². The Balaban J connectivity index is 1.49. The van der Waals surface area contributed by atoms with E-state index in [2.05, 4.69) is 5.09 Å². The summed E-state index contributed by atoms with van der Waals surface area (Å²) in [6.07, 6.45) is -4.53. The highest BCUT2D eigenvalue weighted by atomic mass is 31.2. The molecule has 37 heavy (non-hydrogen) atoms. The maximum absolute atomic E-state index is 15.5. The van der Waals surface area contributed by atoms with E-state index in [1.807, 2.05) is 18.8 Å². The molecule has 2 unspecified atom stereocenters. The molecule has 8 atom stereocenters. The highest BCUT2D eigenvalue weighted by Crippen LogP contribution is 2.48. The lowest BCUT2D eigenvalue weighted by Crippen LogP contribution is -2.43. The Morgan fingerprint density at radius 1 is 1.22 bits per heavy atom. The van der Waals surface area contributed by atoms with Gasteiger partial charge in [0.15, 0.2) is 18.2 Å². The van der Waals surface area contributed by atoms with Crippen molar-refractivity contribution >= 4 is 7.75 Å². The number of benzene rings is 1. The molecule has 1 aromatic heterocycles. The van der Waals surface area contributed by atoms with Gasteiger partial charge in [-0.05, 0) is 39.8 Å². The first-order valence-corrected chi connectivity index (χ1v) is 13.4. The van der Waals surface area contributed by atoms with E-state index in [1.54, 1.807) is 37.3 Å². The van der Waals surface area contributed by atoms with Crippen LogP contribution in [-0.4, -0.2) is 63.7 Å². The number of nitrogens with zero attached hydrogens (tertiary/aromatic N) is 1. The van der Waals surface area contributed by atoms with Gasteiger partial charge in [-0.25, -0.2) is 18.8 Å². The number of halogens is 1. The van der Waals surface area contributed by atoms with Crippen molar-refractivity contribution in [2.24, 2.45) is 0 Å². The van der Waals surface area contributed by atoms with Gasteiger partial charge in [-0.1, -0.05) is 18.2 Å². The van der Waals surface area contributed by atoms with Crippen molar-refractivity contribution in [1.29, 1.82) is 0 Å². The molecule has 0 saturated carbocycles. The van der Waals surface area contributed by atoms with Crippen molar-refractivity contribution < 1.29 is 37.3 Å². The molecular weight excluding hydrogens is 512 g/mol. The number of epoxide rings is 1. The summed E-state index contributed by atoms with van der Waals surface area (Å²) in [5.74, 6) is 0.248. The number of hydrogen-bond donors (Lipinski definition) is 3. The number of hydrogen-bond acceptors (Lipinski definition) is 9. The fourth-order valence-corrected chi connectivity index (χ4v) is 5.58. The quantitative estimate of drug-likeness (QED) is 0.283. The van der Waals surface area contributed by atoms with E-state index < -0.39 is 68.1 Å². The van der Waals surface area contributed by atoms with Gasteiger partial charge in [0, 0.05) is 18.3 Å². The summed E-state index contributed by atoms with van der Waals surface area (Å²) in [5, 5.41) is 13.4. The number of H-pyrrole nitrogens is 1. The van der Waals surface area contributed by atoms with Gasteiger partial charge >= 0.3 is 13.4 Å². The van der Waals surface area contributed by atoms with Gasteiger partial charge in [-0.15, -0.1) is 0 Å². The zero-order chi connectivity index (χ0) is 27.0. The zero-order valence-corrected chi connectivity index (χ0v) is 21.7. The highest BCUT2D eigenvalue weighted by molar-refractivity contribution is 7.52. The second-order valence-electron chi connectivity index (χ2n) is 9.41. The number of aromatic amines is 1. The molecule has 2 saturated heterocycles. The molecule has 2 aliphatic heterocycles. The first-order valence-electron chi connectivity index (χ1n) is 11.8. The largest absolute Gasteiger partial charge is 0.459 e. The number of aliphatic hydroxyl groups excluding tert-OH is 1. The standard InChI is InChI=1S/C23H31FN3O9P/c1-13(2)33-20-18(35-20)14(3)26-37(31,36-15-8-6-5-7-9-15)32-12-16-19(29)23(4,24)21(34-16)27-11-10-17(28)25-22(27)30/h5-11,13-14,16,18-21,29H,12H2,1-4H3,(H,26,31)(H,25,28,30)/t14-,16+,18?,19+,20?,21+,23+,37-/m0/s1. The second kappa shape index (κ2) is 10.8. The van der Waals surface area contributed by atoms with Crippen molar-refractivity contribution in [1.82, 2.24) is 14.6 Å². The van der Waals surface area contributed by atoms with Crippen LogP contribution in [0.4, 0.5) is 4.39 Å². The SMILES string of the molecule is CC(C)OC1OC1[C@H](C)N[P@](=O)(OC[C@H]1O[C@@H](n2ccc(=O)[nH]c2=O)[C@](C)(F)[C@@H]1O)Oc1ccccc1. The molecule has 0 bridgehead atoms. The monoisotopic (exact) mass is 543 g/mol. The van der Waals surface area contributed by atoms with E-state index in [-0.39, 0.29) is 11.9 Å². The van der Waals surface area contributed by atoms with Gasteiger partial charge in [-0.3, -0.25) is 18.9 Å². The van der Waals surface area contributed by atoms with Gasteiger partial charge in [0.1, 0.15) is 24.1 Å². The first kappa shape index (κ1) is 27.6. The van der Waals surface area contributed by atoms with Crippen LogP contribution < -0.4 is 20.9 Å². The Hall–Kier alpha value is -2.38. The molecule has 2 fully saturated rings. The number of alkyl halides is 1. The summed E-state index contributed by atoms with van der Waals surface area (Å²) >= 11 is 0. The Morgan fingerprint density at radius 2 is 1.92 bits per heavy atom. The number of nitrogens with one attached hydrogen (secondary N) is 2. The smallest absolute Gasteiger partial charge is 0.413 e. The Morgan fingerprint density at radius 3 is 2.57 bits per heavy atom. The maximum atomic E-state index is 15.5. The zero-order valence-electron chi connectivity index (χ0n) is 20.8. The average molecular weight is 543 g/mol. The minimum absolute atomic E-state index is 0.0651. The van der Waals surface area contributed by atoms with E-state index in [1.165, 1.54) is 0 Å². The molecule has 2 aromatic rings. The van der Waals surface area contributed by atoms with Crippen LogP contribution >= 0.6 is 7.75 Å². The highest BCUT2D eigenvalue weighted by Gasteiger charge is 2.56. The summed E-state index contributed by atoms with van der Waals surface area (Å²) in [6, 6.07) is 8.80. The molecule has 204 valence electrons. The van der Waals surface area contributed by atoms with Crippen molar-refractivity contribution in [3.8, 4) is 5.75 Å². The van der Waals surface area contributed by atoms with Crippen LogP contribution in [-0.2, 0) is 23.3 Å². The van der Waals surface area contributed by atoms with Crippen LogP contribution in [0, 0.1) is 0 Å². The van der Waals surface area contributed by atoms with Crippen LogP contribution in [0.1, 0.15) is 33.9 Å². The molecule has 14 heteroatoms. The number of ether oxygens (including phenoxy) is 3. The molecule has 0 radical (unpaired) electrons. The van der Waals surface area contributed by atoms with Gasteiger partial charge < -0.3 is 23.8 Å². The van der Waals surface area contributed by atoms with Crippen molar-refractivity contribution in [3.63, 3.8) is 0 Å². The van der Waals surface area contributed by atoms with E-state index in [4.69, 9.17) is 23.3 Å². The van der Waals surface area contributed by atoms with Gasteiger partial charge in [0.05, 0.1) is 12.7 Å². The minimum atomic E-state index is -4.12. The molecule has 0 spiro atoms. The van der Waals surface area contributed by atoms with E-state index in [9.17, 15) is 19.3 Å². The van der Waals surface area contributed by atoms with Crippen LogP contribution in [0.5, 0.6) is 5.75 Å². The van der Waals surface area contributed by atoms with Crippen molar-refractivity contribution in [3.05, 3.63) is 63.4 Å². The van der Waals surface area contributed by atoms with Crippen molar-refractivity contribution in [2.45, 2.75) is 76.3 Å². The fourth-order valence-electron chi connectivity index (χ4n) is 4.01. The number of para-hydroxylation sites is 1. The van der Waals surface area contributed by atoms with Crippen molar-refractivity contribution in [2.75, 3.05) is 6.61 Å². The molecule has 0 amide bonds. The molecule has 1 aromatic carbocycles. The predicted molar refractivity (Wildman–Crippen MR) is 129 cm³/mol. The normalized spacial score (nSPS) is 31.7. The molecule has 3 N–H and O–H groups in total. The third-order valence-electron chi connectivity index (χ3n) is 5.94. The Kier molecular flexibility index (Phi) is 8.05. The predicted octanol–water partition coefficient (Wildman–Crippen LogP) is 1.85. The topological polar surface area (TPSA) is 154 Å². The summed E-state index contributed by atoms with van der Waals surface area (Å²) in [6.45, 7) is 5.96. The van der Waals surface area contributed by atoms with Crippen LogP contribution in [0.25, 0.3) is 0 Å². The van der Waals surface area contributed by atoms with Gasteiger partial charge in [0.2, 0.25) is 0 Å². The van der Waals surface area contributed by atoms with Crippen LogP contribution in [0.2, 0.25) is 0 Å². The molecular formula is C23H31FN3O9P. The molecule has 3 heterocycles. The molecule has 12 nitrogen and oxygen atoms in total. The lowest BCUT2D eigenvalue weighted by atomic mass is 9.98. The number of rotatable bonds is 11. The van der Waals surface area contributed by atoms with E-state index >= 15 is 4.39 Å². The van der Waals surface area contributed by atoms with Gasteiger partial charge in [-0.2, -0.15) is 0 Å². The lowest BCUT2D eigenvalue weighted by Gasteiger charge is -2.25. The molecule has 0 aliphatic carbocycles. The number of aromatic nitrogens is 2. The fraction of sp³-hybridized carbons (Fsp3) is 0.565. The maximum Gasteiger partial charge on any atom is 0.459 e. The summed E-state index contributed by atoms with van der Waals surface area (Å²) in [5.41, 5.74) is -4.02. The molecule has 2 aliphatic rings. The Bertz CT molecular complexity index is 1240. The summed E-state index contributed by atoms with van der Waals surface area (Å²) < 4.78 is 58.0. The van der Waals surface area contributed by atoms with E-state index in [0.29, 0.717) is 0 Å². The lowest BCUT2D eigenvalue weighted by molar-refractivity contribution is -0.0593. The summed E-state index contributed by atoms with van der Waals surface area (Å²) in [7, 11) is -4.12. The first-order chi connectivity index (χ1) is 17.4. The molecule has 4 rings (SSSR count). The summed E-state index contributed by atoms with van der Waals surface area (Å²) in [4.78, 5) is 25.6. The Labute approximate surface area is 212 Å². The minimum Gasteiger partial charge on any atom is -0.413 e. The third-order valence-corrected chi connectivity index (χ3v) is 7.61. The second-order valence-corrected chi connectivity index (χ2v) is 11.1. The van der Waals surface area contributed by atoms with Crippen LogP contribution in [0.3, 0.4) is 0 Å². The number of aliphatic hydroxyl groups is 1. The third kappa shape index (κ3) is 6.37. The average Bonchev–Trinajstić information content (AvgIpc) is 3.54.